The summed E-state index contributed by atoms with van der Waals surface area (Å²) in [5.41, 5.74) is 1.59. The molecule has 1 amide bonds. The molecule has 3 rings (SSSR count). The summed E-state index contributed by atoms with van der Waals surface area (Å²) in [6.45, 7) is 2.57. The van der Waals surface area contributed by atoms with Crippen LogP contribution in [0.2, 0.25) is 0 Å². The number of ether oxygens (including phenoxy) is 1. The molecule has 1 saturated heterocycles. The average molecular weight is 343 g/mol. The highest BCUT2D eigenvalue weighted by atomic mass is 16.5. The van der Waals surface area contributed by atoms with E-state index < -0.39 is 0 Å². The molecule has 1 fully saturated rings. The molecule has 0 saturated carbocycles. The number of carbonyl (C=O) groups excluding carboxylic acids is 1. The molecule has 0 bridgehead atoms. The van der Waals surface area contributed by atoms with E-state index >= 15 is 0 Å². The number of nitrogens with one attached hydrogen (secondary N) is 2. The number of methoxy groups -OCH3 is 1. The summed E-state index contributed by atoms with van der Waals surface area (Å²) in [5.74, 6) is 0.696. The van der Waals surface area contributed by atoms with Crippen LogP contribution in [-0.4, -0.2) is 47.6 Å². The lowest BCUT2D eigenvalue weighted by Gasteiger charge is -2.22. The van der Waals surface area contributed by atoms with Gasteiger partial charge >= 0.3 is 0 Å². The summed E-state index contributed by atoms with van der Waals surface area (Å²) in [4.78, 5) is 12.2. The van der Waals surface area contributed by atoms with Crippen LogP contribution >= 0.6 is 0 Å². The summed E-state index contributed by atoms with van der Waals surface area (Å²) in [7, 11) is 1.66. The van der Waals surface area contributed by atoms with Gasteiger partial charge in [-0.25, -0.2) is 4.68 Å². The first-order chi connectivity index (χ1) is 12.3. The third-order valence-electron chi connectivity index (χ3n) is 4.49. The number of nitrogens with zero attached hydrogens (tertiary/aromatic N) is 3. The first-order valence-electron chi connectivity index (χ1n) is 8.80. The standard InChI is InChI=1S/C18H25N5O2/c1-25-16-6-2-4-14(12-16)5-3-9-20-18(24)17-13-23(22-21-17)15-7-10-19-11-8-15/h2,4,6,12-13,15,19H,3,5,7-11H2,1H3,(H,20,24). The van der Waals surface area contributed by atoms with Crippen molar-refractivity contribution in [1.82, 2.24) is 25.6 Å². The zero-order chi connectivity index (χ0) is 17.5. The molecule has 1 aliphatic rings. The van der Waals surface area contributed by atoms with Crippen LogP contribution in [0.4, 0.5) is 0 Å². The normalized spacial score (nSPS) is 15.1. The molecule has 1 aromatic carbocycles. The van der Waals surface area contributed by atoms with Gasteiger partial charge in [0.05, 0.1) is 19.3 Å². The van der Waals surface area contributed by atoms with Crippen molar-refractivity contribution in [3.8, 4) is 5.75 Å². The molecule has 7 nitrogen and oxygen atoms in total. The Morgan fingerprint density at radius 3 is 3.04 bits per heavy atom. The van der Waals surface area contributed by atoms with Crippen LogP contribution in [0.5, 0.6) is 5.75 Å². The van der Waals surface area contributed by atoms with Gasteiger partial charge in [0, 0.05) is 6.54 Å². The lowest BCUT2D eigenvalue weighted by Crippen LogP contribution is -2.29. The molecule has 0 spiro atoms. The van der Waals surface area contributed by atoms with Crippen molar-refractivity contribution in [2.24, 2.45) is 0 Å². The zero-order valence-electron chi connectivity index (χ0n) is 14.6. The maximum Gasteiger partial charge on any atom is 0.273 e. The molecule has 1 aromatic heterocycles. The maximum absolute atomic E-state index is 12.2. The highest BCUT2D eigenvalue weighted by Gasteiger charge is 2.18. The molecule has 2 N–H and O–H groups in total. The van der Waals surface area contributed by atoms with E-state index in [4.69, 9.17) is 4.74 Å². The van der Waals surface area contributed by atoms with Gasteiger partial charge in [0.1, 0.15) is 5.75 Å². The number of rotatable bonds is 7. The van der Waals surface area contributed by atoms with E-state index in [0.29, 0.717) is 18.3 Å². The monoisotopic (exact) mass is 343 g/mol. The number of amides is 1. The lowest BCUT2D eigenvalue weighted by molar-refractivity contribution is 0.0948. The van der Waals surface area contributed by atoms with Crippen LogP contribution < -0.4 is 15.4 Å². The van der Waals surface area contributed by atoms with Crippen molar-refractivity contribution in [2.75, 3.05) is 26.7 Å². The smallest absolute Gasteiger partial charge is 0.273 e. The van der Waals surface area contributed by atoms with Gasteiger partial charge in [-0.3, -0.25) is 4.79 Å². The number of hydrogen-bond acceptors (Lipinski definition) is 5. The van der Waals surface area contributed by atoms with E-state index in [9.17, 15) is 4.79 Å². The SMILES string of the molecule is COc1cccc(CCCNC(=O)c2cn(C3CCNCC3)nn2)c1. The van der Waals surface area contributed by atoms with Gasteiger partial charge in [-0.05, 0) is 56.5 Å². The summed E-state index contributed by atoms with van der Waals surface area (Å²) in [6.07, 6.45) is 5.55. The fraction of sp³-hybridized carbons (Fsp3) is 0.500. The first kappa shape index (κ1) is 17.4. The van der Waals surface area contributed by atoms with E-state index in [1.165, 1.54) is 5.56 Å². The van der Waals surface area contributed by atoms with E-state index in [1.807, 2.05) is 22.9 Å². The van der Waals surface area contributed by atoms with E-state index in [2.05, 4.69) is 27.0 Å². The van der Waals surface area contributed by atoms with Gasteiger partial charge < -0.3 is 15.4 Å². The Morgan fingerprint density at radius 1 is 1.40 bits per heavy atom. The number of carbonyl (C=O) groups is 1. The van der Waals surface area contributed by atoms with Crippen molar-refractivity contribution >= 4 is 5.91 Å². The van der Waals surface area contributed by atoms with Crippen molar-refractivity contribution in [3.05, 3.63) is 41.7 Å². The highest BCUT2D eigenvalue weighted by Crippen LogP contribution is 2.17. The topological polar surface area (TPSA) is 81.1 Å². The molecule has 0 aliphatic carbocycles. The van der Waals surface area contributed by atoms with E-state index in [-0.39, 0.29) is 5.91 Å². The largest absolute Gasteiger partial charge is 0.497 e. The molecule has 0 unspecified atom stereocenters. The highest BCUT2D eigenvalue weighted by molar-refractivity contribution is 5.91. The average Bonchev–Trinajstić information content (AvgIpc) is 3.16. The van der Waals surface area contributed by atoms with Crippen LogP contribution in [0.15, 0.2) is 30.5 Å². The minimum Gasteiger partial charge on any atom is -0.497 e. The molecule has 134 valence electrons. The summed E-state index contributed by atoms with van der Waals surface area (Å²) in [5, 5.41) is 14.4. The number of benzene rings is 1. The van der Waals surface area contributed by atoms with E-state index in [1.54, 1.807) is 13.3 Å². The van der Waals surface area contributed by atoms with Crippen molar-refractivity contribution in [1.29, 1.82) is 0 Å². The number of aryl methyl sites for hydroxylation is 1. The minimum absolute atomic E-state index is 0.161. The van der Waals surface area contributed by atoms with Crippen LogP contribution in [-0.2, 0) is 6.42 Å². The molecule has 2 heterocycles. The third kappa shape index (κ3) is 4.79. The third-order valence-corrected chi connectivity index (χ3v) is 4.49. The summed E-state index contributed by atoms with van der Waals surface area (Å²) in [6, 6.07) is 8.33. The predicted molar refractivity (Wildman–Crippen MR) is 94.8 cm³/mol. The van der Waals surface area contributed by atoms with Crippen LogP contribution in [0.3, 0.4) is 0 Å². The quantitative estimate of drug-likeness (QED) is 0.746. The zero-order valence-corrected chi connectivity index (χ0v) is 14.6. The summed E-state index contributed by atoms with van der Waals surface area (Å²) >= 11 is 0. The van der Waals surface area contributed by atoms with Crippen molar-refractivity contribution in [3.63, 3.8) is 0 Å². The van der Waals surface area contributed by atoms with Gasteiger partial charge in [0.25, 0.3) is 5.91 Å². The van der Waals surface area contributed by atoms with Gasteiger partial charge in [-0.15, -0.1) is 5.10 Å². The Kier molecular flexibility index (Phi) is 6.00. The van der Waals surface area contributed by atoms with Crippen molar-refractivity contribution in [2.45, 2.75) is 31.7 Å². The molecule has 2 aromatic rings. The molecule has 25 heavy (non-hydrogen) atoms. The van der Waals surface area contributed by atoms with Crippen LogP contribution in [0, 0.1) is 0 Å². The number of piperidine rings is 1. The molecular weight excluding hydrogens is 318 g/mol. The Labute approximate surface area is 147 Å². The van der Waals surface area contributed by atoms with Crippen LogP contribution in [0.25, 0.3) is 0 Å². The van der Waals surface area contributed by atoms with Gasteiger partial charge in [0.2, 0.25) is 0 Å². The molecule has 0 radical (unpaired) electrons. The Balaban J connectivity index is 1.44. The van der Waals surface area contributed by atoms with E-state index in [0.717, 1.165) is 44.5 Å². The second-order valence-electron chi connectivity index (χ2n) is 6.28. The fourth-order valence-corrected chi connectivity index (χ4v) is 3.04. The second-order valence-corrected chi connectivity index (χ2v) is 6.28. The Bertz CT molecular complexity index is 694. The van der Waals surface area contributed by atoms with Crippen molar-refractivity contribution < 1.29 is 9.53 Å². The summed E-state index contributed by atoms with van der Waals surface area (Å²) < 4.78 is 7.04. The predicted octanol–water partition coefficient (Wildman–Crippen LogP) is 1.57. The maximum atomic E-state index is 12.2. The van der Waals surface area contributed by atoms with Gasteiger partial charge in [-0.1, -0.05) is 17.3 Å². The fourth-order valence-electron chi connectivity index (χ4n) is 3.04. The molecule has 1 aliphatic heterocycles. The second kappa shape index (κ2) is 8.62. The van der Waals surface area contributed by atoms with Crippen LogP contribution in [0.1, 0.15) is 41.4 Å². The van der Waals surface area contributed by atoms with Gasteiger partial charge in [0.15, 0.2) is 5.69 Å². The minimum atomic E-state index is -0.161. The molecule has 7 heteroatoms. The van der Waals surface area contributed by atoms with Gasteiger partial charge in [-0.2, -0.15) is 0 Å². The number of aromatic nitrogens is 3. The Morgan fingerprint density at radius 2 is 2.24 bits per heavy atom. The Hall–Kier alpha value is -2.41. The molecular formula is C18H25N5O2. The lowest BCUT2D eigenvalue weighted by atomic mass is 10.1. The number of hydrogen-bond donors (Lipinski definition) is 2. The first-order valence-corrected chi connectivity index (χ1v) is 8.80. The molecule has 0 atom stereocenters.